The Balaban J connectivity index is 3.19. The summed E-state index contributed by atoms with van der Waals surface area (Å²) in [7, 11) is 0. The zero-order valence-corrected chi connectivity index (χ0v) is 7.58. The lowest BCUT2D eigenvalue weighted by Crippen LogP contribution is -1.82. The molecule has 1 aromatic rings. The summed E-state index contributed by atoms with van der Waals surface area (Å²) < 4.78 is 0. The average Bonchev–Trinajstić information content (AvgIpc) is 1.85. The molecule has 1 nitrogen and oxygen atoms in total. The van der Waals surface area contributed by atoms with Crippen LogP contribution in [0.15, 0.2) is 18.7 Å². The summed E-state index contributed by atoms with van der Waals surface area (Å²) in [5.74, 6) is 0. The number of rotatable bonds is 1. The molecule has 1 rings (SSSR count). The smallest absolute Gasteiger partial charge is 0.131 e. The summed E-state index contributed by atoms with van der Waals surface area (Å²) in [5, 5.41) is 0.797. The second kappa shape index (κ2) is 3.24. The SMILES string of the molecule is C=C(C)c1cc(Cl)nc(Cl)c1. The fourth-order valence-corrected chi connectivity index (χ4v) is 1.17. The minimum atomic E-state index is 0.399. The van der Waals surface area contributed by atoms with E-state index in [1.807, 2.05) is 6.92 Å². The average molecular weight is 188 g/mol. The third kappa shape index (κ3) is 2.21. The Hall–Kier alpha value is -0.530. The van der Waals surface area contributed by atoms with Crippen molar-refractivity contribution >= 4 is 28.8 Å². The fourth-order valence-electron chi connectivity index (χ4n) is 0.711. The van der Waals surface area contributed by atoms with E-state index in [1.54, 1.807) is 12.1 Å². The molecule has 0 aliphatic carbocycles. The van der Waals surface area contributed by atoms with E-state index in [0.717, 1.165) is 11.1 Å². The number of hydrogen-bond acceptors (Lipinski definition) is 1. The predicted octanol–water partition coefficient (Wildman–Crippen LogP) is 3.42. The minimum absolute atomic E-state index is 0.399. The van der Waals surface area contributed by atoms with E-state index in [9.17, 15) is 0 Å². The van der Waals surface area contributed by atoms with Crippen LogP contribution in [0, 0.1) is 0 Å². The summed E-state index contributed by atoms with van der Waals surface area (Å²) in [4.78, 5) is 3.81. The first-order valence-electron chi connectivity index (χ1n) is 3.08. The highest BCUT2D eigenvalue weighted by atomic mass is 35.5. The van der Waals surface area contributed by atoms with Gasteiger partial charge < -0.3 is 0 Å². The number of hydrogen-bond donors (Lipinski definition) is 0. The molecular formula is C8H7Cl2N. The van der Waals surface area contributed by atoms with Gasteiger partial charge in [-0.3, -0.25) is 0 Å². The molecule has 1 heterocycles. The second-order valence-electron chi connectivity index (χ2n) is 2.28. The second-order valence-corrected chi connectivity index (χ2v) is 3.06. The molecule has 0 aliphatic rings. The molecule has 0 bridgehead atoms. The van der Waals surface area contributed by atoms with Crippen molar-refractivity contribution in [2.24, 2.45) is 0 Å². The van der Waals surface area contributed by atoms with Crippen LogP contribution in [0.4, 0.5) is 0 Å². The first-order chi connectivity index (χ1) is 5.09. The molecule has 0 aromatic carbocycles. The Kier molecular flexibility index (Phi) is 2.53. The number of pyridine rings is 1. The number of aromatic nitrogens is 1. The normalized spacial score (nSPS) is 9.73. The van der Waals surface area contributed by atoms with Gasteiger partial charge >= 0.3 is 0 Å². The molecule has 0 radical (unpaired) electrons. The van der Waals surface area contributed by atoms with Gasteiger partial charge in [0.2, 0.25) is 0 Å². The maximum atomic E-state index is 5.66. The Labute approximate surface area is 75.7 Å². The maximum Gasteiger partial charge on any atom is 0.131 e. The Bertz CT molecular complexity index is 274. The molecule has 58 valence electrons. The van der Waals surface area contributed by atoms with Crippen LogP contribution in [0.5, 0.6) is 0 Å². The van der Waals surface area contributed by atoms with Crippen molar-refractivity contribution in [3.05, 3.63) is 34.6 Å². The van der Waals surface area contributed by atoms with Gasteiger partial charge in [-0.2, -0.15) is 0 Å². The third-order valence-corrected chi connectivity index (χ3v) is 1.64. The lowest BCUT2D eigenvalue weighted by molar-refractivity contribution is 1.31. The Morgan fingerprint density at radius 3 is 2.18 bits per heavy atom. The van der Waals surface area contributed by atoms with Crippen LogP contribution in [0.1, 0.15) is 12.5 Å². The molecule has 0 fully saturated rings. The van der Waals surface area contributed by atoms with Crippen molar-refractivity contribution in [2.45, 2.75) is 6.92 Å². The van der Waals surface area contributed by atoms with Gasteiger partial charge in [0.05, 0.1) is 0 Å². The van der Waals surface area contributed by atoms with Gasteiger partial charge in [-0.15, -0.1) is 0 Å². The van der Waals surface area contributed by atoms with E-state index < -0.39 is 0 Å². The molecule has 3 heteroatoms. The molecule has 0 unspecified atom stereocenters. The lowest BCUT2D eigenvalue weighted by atomic mass is 10.1. The van der Waals surface area contributed by atoms with Crippen molar-refractivity contribution in [1.82, 2.24) is 4.98 Å². The number of halogens is 2. The van der Waals surface area contributed by atoms with Gasteiger partial charge in [0.15, 0.2) is 0 Å². The number of nitrogens with zero attached hydrogens (tertiary/aromatic N) is 1. The zero-order valence-electron chi connectivity index (χ0n) is 6.06. The van der Waals surface area contributed by atoms with E-state index in [2.05, 4.69) is 11.6 Å². The van der Waals surface area contributed by atoms with Crippen LogP contribution in [0.25, 0.3) is 5.57 Å². The monoisotopic (exact) mass is 187 g/mol. The van der Waals surface area contributed by atoms with Crippen molar-refractivity contribution in [1.29, 1.82) is 0 Å². The summed E-state index contributed by atoms with van der Waals surface area (Å²) in [6.45, 7) is 5.65. The predicted molar refractivity (Wildman–Crippen MR) is 49.0 cm³/mol. The van der Waals surface area contributed by atoms with Gasteiger partial charge in [0, 0.05) is 0 Å². The maximum absolute atomic E-state index is 5.66. The van der Waals surface area contributed by atoms with Crippen molar-refractivity contribution in [3.8, 4) is 0 Å². The van der Waals surface area contributed by atoms with E-state index in [0.29, 0.717) is 10.3 Å². The van der Waals surface area contributed by atoms with Crippen LogP contribution < -0.4 is 0 Å². The van der Waals surface area contributed by atoms with E-state index in [1.165, 1.54) is 0 Å². The molecule has 0 spiro atoms. The van der Waals surface area contributed by atoms with E-state index in [-0.39, 0.29) is 0 Å². The minimum Gasteiger partial charge on any atom is -0.224 e. The molecule has 0 N–H and O–H groups in total. The van der Waals surface area contributed by atoms with Crippen LogP contribution in [0.3, 0.4) is 0 Å². The van der Waals surface area contributed by atoms with Crippen LogP contribution in [-0.2, 0) is 0 Å². The quantitative estimate of drug-likeness (QED) is 0.615. The van der Waals surface area contributed by atoms with E-state index >= 15 is 0 Å². The summed E-state index contributed by atoms with van der Waals surface area (Å²) in [6, 6.07) is 3.46. The topological polar surface area (TPSA) is 12.9 Å². The highest BCUT2D eigenvalue weighted by Crippen LogP contribution is 2.19. The van der Waals surface area contributed by atoms with Gasteiger partial charge in [0.1, 0.15) is 10.3 Å². The van der Waals surface area contributed by atoms with Crippen LogP contribution >= 0.6 is 23.2 Å². The van der Waals surface area contributed by atoms with Gasteiger partial charge in [0.25, 0.3) is 0 Å². The first-order valence-corrected chi connectivity index (χ1v) is 3.84. The van der Waals surface area contributed by atoms with Crippen molar-refractivity contribution < 1.29 is 0 Å². The lowest BCUT2D eigenvalue weighted by Gasteiger charge is -1.99. The van der Waals surface area contributed by atoms with E-state index in [4.69, 9.17) is 23.2 Å². The molecular weight excluding hydrogens is 181 g/mol. The van der Waals surface area contributed by atoms with Crippen molar-refractivity contribution in [2.75, 3.05) is 0 Å². The molecule has 0 saturated carbocycles. The molecule has 0 aliphatic heterocycles. The molecule has 1 aromatic heterocycles. The summed E-state index contributed by atoms with van der Waals surface area (Å²) in [6.07, 6.45) is 0. The van der Waals surface area contributed by atoms with Gasteiger partial charge in [-0.05, 0) is 24.6 Å². The summed E-state index contributed by atoms with van der Waals surface area (Å²) >= 11 is 11.3. The largest absolute Gasteiger partial charge is 0.224 e. The third-order valence-electron chi connectivity index (χ3n) is 1.26. The van der Waals surface area contributed by atoms with Gasteiger partial charge in [-0.1, -0.05) is 35.4 Å². The van der Waals surface area contributed by atoms with Gasteiger partial charge in [-0.25, -0.2) is 4.98 Å². The number of allylic oxidation sites excluding steroid dienone is 1. The van der Waals surface area contributed by atoms with Crippen molar-refractivity contribution in [3.63, 3.8) is 0 Å². The molecule has 0 amide bonds. The standard InChI is InChI=1S/C8H7Cl2N/c1-5(2)6-3-7(9)11-8(10)4-6/h3-4H,1H2,2H3. The fraction of sp³-hybridized carbons (Fsp3) is 0.125. The Morgan fingerprint density at radius 1 is 1.36 bits per heavy atom. The highest BCUT2D eigenvalue weighted by molar-refractivity contribution is 6.32. The first kappa shape index (κ1) is 8.57. The van der Waals surface area contributed by atoms with Crippen LogP contribution in [-0.4, -0.2) is 4.98 Å². The zero-order chi connectivity index (χ0) is 8.43. The molecule has 0 saturated heterocycles. The summed E-state index contributed by atoms with van der Waals surface area (Å²) in [5.41, 5.74) is 1.85. The molecule has 0 atom stereocenters. The van der Waals surface area contributed by atoms with Crippen LogP contribution in [0.2, 0.25) is 10.3 Å². The Morgan fingerprint density at radius 2 is 1.82 bits per heavy atom. The highest BCUT2D eigenvalue weighted by Gasteiger charge is 1.98. The molecule has 11 heavy (non-hydrogen) atoms.